The van der Waals surface area contributed by atoms with E-state index in [2.05, 4.69) is 26.6 Å². The molecule has 1 aliphatic rings. The number of methoxy groups -OCH3 is 1. The number of hydrogen-bond donors (Lipinski definition) is 2. The van der Waals surface area contributed by atoms with Gasteiger partial charge in [-0.05, 0) is 24.3 Å². The molecule has 1 aromatic carbocycles. The number of nitrogens with zero attached hydrogens (tertiary/aromatic N) is 1. The molecule has 1 fully saturated rings. The zero-order valence-corrected chi connectivity index (χ0v) is 16.5. The third-order valence-corrected chi connectivity index (χ3v) is 6.03. The normalized spacial score (nSPS) is 17.8. The fourth-order valence-electron chi connectivity index (χ4n) is 2.29. The van der Waals surface area contributed by atoms with Crippen LogP contribution in [0.5, 0.6) is 0 Å². The van der Waals surface area contributed by atoms with Gasteiger partial charge in [-0.15, -0.1) is 0 Å². The van der Waals surface area contributed by atoms with Gasteiger partial charge in [-0.3, -0.25) is 9.59 Å². The van der Waals surface area contributed by atoms with Gasteiger partial charge < -0.3 is 20.1 Å². The highest BCUT2D eigenvalue weighted by atomic mass is 79.9. The van der Waals surface area contributed by atoms with Gasteiger partial charge in [0.15, 0.2) is 0 Å². The Kier molecular flexibility index (Phi) is 7.53. The number of benzene rings is 1. The molecule has 144 valence electrons. The van der Waals surface area contributed by atoms with E-state index >= 15 is 0 Å². The van der Waals surface area contributed by atoms with E-state index in [1.165, 1.54) is 23.5 Å². The molecule has 0 aromatic heterocycles. The zero-order chi connectivity index (χ0) is 19.2. The van der Waals surface area contributed by atoms with Crippen LogP contribution in [0.1, 0.15) is 0 Å². The van der Waals surface area contributed by atoms with Gasteiger partial charge in [-0.1, -0.05) is 15.9 Å². The van der Waals surface area contributed by atoms with E-state index in [-0.39, 0.29) is 37.7 Å². The first-order chi connectivity index (χ1) is 12.4. The standard InChI is InChI=1S/C15H20BrN3O6S/c1-24-8-6-17-14(20)15(21)18-10-13-19(7-9-25-13)26(22,23)12-4-2-11(16)3-5-12/h2-5,13H,6-10H2,1H3,(H,17,20)(H,18,21)/t13-/m1/s1. The topological polar surface area (TPSA) is 114 Å². The maximum atomic E-state index is 12.7. The Bertz CT molecular complexity index is 740. The second-order valence-electron chi connectivity index (χ2n) is 5.35. The highest BCUT2D eigenvalue weighted by molar-refractivity contribution is 9.10. The van der Waals surface area contributed by atoms with Crippen LogP contribution >= 0.6 is 15.9 Å². The first kappa shape index (κ1) is 20.8. The molecule has 1 atom stereocenters. The summed E-state index contributed by atoms with van der Waals surface area (Å²) in [6.07, 6.45) is -0.876. The zero-order valence-electron chi connectivity index (χ0n) is 14.1. The minimum atomic E-state index is -3.77. The number of carbonyl (C=O) groups is 2. The lowest BCUT2D eigenvalue weighted by Gasteiger charge is -2.22. The number of carbonyl (C=O) groups excluding carboxylic acids is 2. The molecule has 0 spiro atoms. The van der Waals surface area contributed by atoms with E-state index in [9.17, 15) is 18.0 Å². The van der Waals surface area contributed by atoms with Crippen LogP contribution in [0.4, 0.5) is 0 Å². The quantitative estimate of drug-likeness (QED) is 0.435. The Labute approximate surface area is 160 Å². The van der Waals surface area contributed by atoms with Crippen molar-refractivity contribution in [1.29, 1.82) is 0 Å². The van der Waals surface area contributed by atoms with Crippen molar-refractivity contribution in [1.82, 2.24) is 14.9 Å². The SMILES string of the molecule is COCCNC(=O)C(=O)NC[C@H]1OCCN1S(=O)(=O)c1ccc(Br)cc1. The number of halogens is 1. The van der Waals surface area contributed by atoms with Crippen LogP contribution in [-0.4, -0.2) is 70.7 Å². The van der Waals surface area contributed by atoms with Crippen molar-refractivity contribution in [3.63, 3.8) is 0 Å². The van der Waals surface area contributed by atoms with Gasteiger partial charge in [0, 0.05) is 24.7 Å². The summed E-state index contributed by atoms with van der Waals surface area (Å²) in [5.74, 6) is -1.68. The van der Waals surface area contributed by atoms with Crippen molar-refractivity contribution in [2.24, 2.45) is 0 Å². The molecule has 0 bridgehead atoms. The molecule has 11 heteroatoms. The molecule has 9 nitrogen and oxygen atoms in total. The van der Waals surface area contributed by atoms with E-state index in [1.807, 2.05) is 0 Å². The second kappa shape index (κ2) is 9.42. The Balaban J connectivity index is 1.96. The molecule has 2 rings (SSSR count). The molecule has 1 aliphatic heterocycles. The fraction of sp³-hybridized carbons (Fsp3) is 0.467. The molecule has 0 radical (unpaired) electrons. The summed E-state index contributed by atoms with van der Waals surface area (Å²) in [6, 6.07) is 6.23. The molecule has 0 saturated carbocycles. The van der Waals surface area contributed by atoms with Gasteiger partial charge in [0.05, 0.1) is 24.7 Å². The summed E-state index contributed by atoms with van der Waals surface area (Å²) >= 11 is 3.26. The number of amides is 2. The highest BCUT2D eigenvalue weighted by Gasteiger charge is 2.36. The van der Waals surface area contributed by atoms with Crippen molar-refractivity contribution < 1.29 is 27.5 Å². The maximum absolute atomic E-state index is 12.7. The third kappa shape index (κ3) is 5.24. The largest absolute Gasteiger partial charge is 0.383 e. The molecule has 1 saturated heterocycles. The van der Waals surface area contributed by atoms with Gasteiger partial charge in [-0.2, -0.15) is 4.31 Å². The van der Waals surface area contributed by atoms with E-state index in [0.29, 0.717) is 0 Å². The van der Waals surface area contributed by atoms with Crippen LogP contribution in [0, 0.1) is 0 Å². The third-order valence-electron chi connectivity index (χ3n) is 3.60. The van der Waals surface area contributed by atoms with E-state index in [1.54, 1.807) is 12.1 Å². The Morgan fingerprint density at radius 2 is 1.92 bits per heavy atom. The summed E-state index contributed by atoms with van der Waals surface area (Å²) < 4.78 is 37.6. The summed E-state index contributed by atoms with van der Waals surface area (Å²) in [7, 11) is -2.29. The lowest BCUT2D eigenvalue weighted by atomic mass is 10.4. The lowest BCUT2D eigenvalue weighted by Crippen LogP contribution is -2.47. The van der Waals surface area contributed by atoms with E-state index in [0.717, 1.165) is 4.47 Å². The Morgan fingerprint density at radius 3 is 2.58 bits per heavy atom. The number of sulfonamides is 1. The summed E-state index contributed by atoms with van der Waals surface area (Å²) in [5.41, 5.74) is 0. The summed E-state index contributed by atoms with van der Waals surface area (Å²) in [4.78, 5) is 23.5. The van der Waals surface area contributed by atoms with Gasteiger partial charge >= 0.3 is 11.8 Å². The van der Waals surface area contributed by atoms with Crippen LogP contribution in [0.2, 0.25) is 0 Å². The number of hydrogen-bond acceptors (Lipinski definition) is 6. The van der Waals surface area contributed by atoms with Crippen molar-refractivity contribution in [2.45, 2.75) is 11.1 Å². The minimum absolute atomic E-state index is 0.125. The van der Waals surface area contributed by atoms with Crippen molar-refractivity contribution in [3.8, 4) is 0 Å². The van der Waals surface area contributed by atoms with Crippen LogP contribution in [0.25, 0.3) is 0 Å². The summed E-state index contributed by atoms with van der Waals surface area (Å²) in [5, 5.41) is 4.76. The second-order valence-corrected chi connectivity index (χ2v) is 8.16. The number of nitrogens with one attached hydrogen (secondary N) is 2. The minimum Gasteiger partial charge on any atom is -0.383 e. The first-order valence-corrected chi connectivity index (χ1v) is 10.0. The van der Waals surface area contributed by atoms with Gasteiger partial charge in [0.2, 0.25) is 10.0 Å². The molecular formula is C15H20BrN3O6S. The van der Waals surface area contributed by atoms with Crippen LogP contribution in [0.15, 0.2) is 33.6 Å². The predicted octanol–water partition coefficient (Wildman–Crippen LogP) is -0.325. The average molecular weight is 450 g/mol. The summed E-state index contributed by atoms with van der Waals surface area (Å²) in [6.45, 7) is 0.721. The molecule has 0 aliphatic carbocycles. The molecule has 1 aromatic rings. The molecule has 0 unspecified atom stereocenters. The lowest BCUT2D eigenvalue weighted by molar-refractivity contribution is -0.139. The van der Waals surface area contributed by atoms with Crippen LogP contribution < -0.4 is 10.6 Å². The molecule has 1 heterocycles. The molecular weight excluding hydrogens is 430 g/mol. The van der Waals surface area contributed by atoms with Crippen LogP contribution in [-0.2, 0) is 29.1 Å². The highest BCUT2D eigenvalue weighted by Crippen LogP contribution is 2.23. The van der Waals surface area contributed by atoms with E-state index < -0.39 is 28.1 Å². The smallest absolute Gasteiger partial charge is 0.309 e. The molecule has 2 amide bonds. The van der Waals surface area contributed by atoms with Crippen molar-refractivity contribution in [2.75, 3.05) is 40.0 Å². The fourth-order valence-corrected chi connectivity index (χ4v) is 4.07. The van der Waals surface area contributed by atoms with Gasteiger partial charge in [0.25, 0.3) is 0 Å². The van der Waals surface area contributed by atoms with Gasteiger partial charge in [0.1, 0.15) is 6.23 Å². The average Bonchev–Trinajstić information content (AvgIpc) is 3.09. The monoisotopic (exact) mass is 449 g/mol. The number of rotatable bonds is 7. The first-order valence-electron chi connectivity index (χ1n) is 7.80. The molecule has 26 heavy (non-hydrogen) atoms. The number of ether oxygens (including phenoxy) is 2. The van der Waals surface area contributed by atoms with Crippen molar-refractivity contribution in [3.05, 3.63) is 28.7 Å². The Morgan fingerprint density at radius 1 is 1.27 bits per heavy atom. The predicted molar refractivity (Wildman–Crippen MR) is 95.7 cm³/mol. The van der Waals surface area contributed by atoms with E-state index in [4.69, 9.17) is 9.47 Å². The Hall–Kier alpha value is -1.53. The maximum Gasteiger partial charge on any atom is 0.309 e. The van der Waals surface area contributed by atoms with Gasteiger partial charge in [-0.25, -0.2) is 8.42 Å². The van der Waals surface area contributed by atoms with Crippen LogP contribution in [0.3, 0.4) is 0 Å². The molecule has 2 N–H and O–H groups in total. The van der Waals surface area contributed by atoms with Crippen molar-refractivity contribution >= 4 is 37.8 Å².